The number of alkyl halides is 5. The van der Waals surface area contributed by atoms with E-state index in [1.165, 1.54) is 13.8 Å². The van der Waals surface area contributed by atoms with Gasteiger partial charge in [-0.2, -0.15) is 22.0 Å². The van der Waals surface area contributed by atoms with Crippen molar-refractivity contribution in [1.82, 2.24) is 16.0 Å². The lowest BCUT2D eigenvalue weighted by atomic mass is 9.90. The molecule has 1 heterocycles. The molecular weight excluding hydrogens is 521 g/mol. The van der Waals surface area contributed by atoms with Crippen LogP contribution in [0.5, 0.6) is 0 Å². The van der Waals surface area contributed by atoms with Gasteiger partial charge in [0.05, 0.1) is 12.0 Å². The highest BCUT2D eigenvalue weighted by molar-refractivity contribution is 5.98. The van der Waals surface area contributed by atoms with Gasteiger partial charge in [0.2, 0.25) is 5.91 Å². The summed E-state index contributed by atoms with van der Waals surface area (Å²) in [4.78, 5) is 33.9. The number of aldehydes is 1. The summed E-state index contributed by atoms with van der Waals surface area (Å²) >= 11 is 0. The molecule has 0 saturated carbocycles. The van der Waals surface area contributed by atoms with Crippen molar-refractivity contribution >= 4 is 18.0 Å². The van der Waals surface area contributed by atoms with Gasteiger partial charge in [0.15, 0.2) is 5.78 Å². The molecule has 1 fully saturated rings. The molecule has 39 heavy (non-hydrogen) atoms. The number of amides is 1. The van der Waals surface area contributed by atoms with Crippen LogP contribution in [0.3, 0.4) is 0 Å². The summed E-state index contributed by atoms with van der Waals surface area (Å²) in [7, 11) is 1.79. The summed E-state index contributed by atoms with van der Waals surface area (Å²) < 4.78 is 60.2. The lowest BCUT2D eigenvalue weighted by Gasteiger charge is -2.20. The van der Waals surface area contributed by atoms with Crippen molar-refractivity contribution in [2.24, 2.45) is 5.41 Å². The second-order valence-electron chi connectivity index (χ2n) is 9.10. The maximum absolute atomic E-state index is 12.4. The number of hydrogen-bond acceptors (Lipinski definition) is 5. The average Bonchev–Trinajstić information content (AvgIpc) is 3.13. The molecule has 3 N–H and O–H groups in total. The summed E-state index contributed by atoms with van der Waals surface area (Å²) in [6, 6.07) is -0.340. The van der Waals surface area contributed by atoms with Gasteiger partial charge in [-0.15, -0.1) is 6.58 Å². The van der Waals surface area contributed by atoms with E-state index >= 15 is 0 Å². The first-order valence-electron chi connectivity index (χ1n) is 12.2. The maximum atomic E-state index is 12.4. The Morgan fingerprint density at radius 2 is 1.79 bits per heavy atom. The van der Waals surface area contributed by atoms with Gasteiger partial charge in [0.25, 0.3) is 0 Å². The van der Waals surface area contributed by atoms with Crippen LogP contribution >= 0.6 is 0 Å². The van der Waals surface area contributed by atoms with Crippen LogP contribution in [0, 0.1) is 5.41 Å². The number of likely N-dealkylation sites (N-methyl/N-ethyl adjacent to an activating group) is 1. The van der Waals surface area contributed by atoms with E-state index < -0.39 is 42.8 Å². The normalized spacial score (nSPS) is 18.5. The van der Waals surface area contributed by atoms with Gasteiger partial charge < -0.3 is 20.7 Å². The molecular formula is C28H38F5N3O3. The first-order chi connectivity index (χ1) is 18.0. The molecule has 218 valence electrons. The number of nitrogens with one attached hydrogen (secondary N) is 3. The number of carbonyl (C=O) groups is 3. The maximum Gasteiger partial charge on any atom is 0.453 e. The van der Waals surface area contributed by atoms with Gasteiger partial charge in [-0.05, 0) is 52.3 Å². The van der Waals surface area contributed by atoms with Crippen molar-refractivity contribution in [1.29, 1.82) is 0 Å². The van der Waals surface area contributed by atoms with Gasteiger partial charge in [-0.1, -0.05) is 43.0 Å². The van der Waals surface area contributed by atoms with Crippen molar-refractivity contribution in [3.8, 4) is 0 Å². The molecule has 11 heteroatoms. The minimum Gasteiger partial charge on any atom is -0.324 e. The van der Waals surface area contributed by atoms with Gasteiger partial charge in [0, 0.05) is 24.2 Å². The quantitative estimate of drug-likeness (QED) is 0.126. The Kier molecular flexibility index (Phi) is 14.7. The fraction of sp³-hybridized carbons (Fsp3) is 0.464. The number of fused-ring (bicyclic) bond motifs is 1. The Balaban J connectivity index is 0.000000673. The van der Waals surface area contributed by atoms with Gasteiger partial charge >= 0.3 is 12.1 Å². The summed E-state index contributed by atoms with van der Waals surface area (Å²) in [6.45, 7) is 12.7. The SMILES string of the molecule is C=C1NC(=O)[C@@H](NC)C2=CC=CCC=C2/C1=C/C.C=CC.CC(C)(C=O)C(=O)CNCCC(F)(F)C(F)(F)F. The number of hydrogen-bond donors (Lipinski definition) is 3. The number of ketones is 1. The predicted octanol–water partition coefficient (Wildman–Crippen LogP) is 5.13. The lowest BCUT2D eigenvalue weighted by Crippen LogP contribution is -2.41. The Labute approximate surface area is 226 Å². The van der Waals surface area contributed by atoms with Gasteiger partial charge in [-0.25, -0.2) is 0 Å². The molecule has 1 saturated heterocycles. The third-order valence-electron chi connectivity index (χ3n) is 5.55. The smallest absolute Gasteiger partial charge is 0.324 e. The number of carbonyl (C=O) groups excluding carboxylic acids is 3. The molecule has 1 atom stereocenters. The number of rotatable bonds is 8. The molecule has 2 aliphatic rings. The number of allylic oxidation sites excluding steroid dienone is 7. The van der Waals surface area contributed by atoms with Crippen molar-refractivity contribution in [2.75, 3.05) is 20.1 Å². The molecule has 0 bridgehead atoms. The van der Waals surface area contributed by atoms with E-state index in [9.17, 15) is 36.3 Å². The highest BCUT2D eigenvalue weighted by Crippen LogP contribution is 2.37. The van der Waals surface area contributed by atoms with E-state index in [2.05, 4.69) is 41.3 Å². The monoisotopic (exact) mass is 559 g/mol. The largest absolute Gasteiger partial charge is 0.453 e. The zero-order valence-electron chi connectivity index (χ0n) is 23.0. The molecule has 2 rings (SSSR count). The Morgan fingerprint density at radius 3 is 2.28 bits per heavy atom. The summed E-state index contributed by atoms with van der Waals surface area (Å²) in [5.41, 5.74) is 2.47. The predicted molar refractivity (Wildman–Crippen MR) is 143 cm³/mol. The first kappa shape index (κ1) is 35.8. The molecule has 1 amide bonds. The van der Waals surface area contributed by atoms with Gasteiger partial charge in [0.1, 0.15) is 12.3 Å². The summed E-state index contributed by atoms with van der Waals surface area (Å²) in [5.74, 6) is -5.43. The van der Waals surface area contributed by atoms with Crippen molar-refractivity contribution in [3.63, 3.8) is 0 Å². The Morgan fingerprint density at radius 1 is 1.21 bits per heavy atom. The molecule has 1 aliphatic carbocycles. The van der Waals surface area contributed by atoms with Crippen LogP contribution in [0.4, 0.5) is 22.0 Å². The van der Waals surface area contributed by atoms with Crippen LogP contribution in [0.2, 0.25) is 0 Å². The first-order valence-corrected chi connectivity index (χ1v) is 12.2. The zero-order chi connectivity index (χ0) is 30.4. The molecule has 0 spiro atoms. The third-order valence-corrected chi connectivity index (χ3v) is 5.55. The molecule has 0 aromatic rings. The van der Waals surface area contributed by atoms with Gasteiger partial charge in [-0.3, -0.25) is 9.59 Å². The van der Waals surface area contributed by atoms with Crippen LogP contribution in [-0.2, 0) is 14.4 Å². The minimum atomic E-state index is -5.60. The summed E-state index contributed by atoms with van der Waals surface area (Å²) in [6.07, 6.45) is 6.17. The highest BCUT2D eigenvalue weighted by Gasteiger charge is 2.56. The van der Waals surface area contributed by atoms with E-state index in [-0.39, 0.29) is 11.9 Å². The van der Waals surface area contributed by atoms with Crippen LogP contribution in [0.25, 0.3) is 0 Å². The molecule has 0 aromatic carbocycles. The highest BCUT2D eigenvalue weighted by atomic mass is 19.4. The Hall–Kier alpha value is -3.18. The van der Waals surface area contributed by atoms with Crippen LogP contribution in [-0.4, -0.2) is 56.3 Å². The van der Waals surface area contributed by atoms with Crippen molar-refractivity contribution < 1.29 is 36.3 Å². The Bertz CT molecular complexity index is 1020. The van der Waals surface area contributed by atoms with Crippen LogP contribution < -0.4 is 16.0 Å². The summed E-state index contributed by atoms with van der Waals surface area (Å²) in [5, 5.41) is 8.08. The molecule has 0 unspecified atom stereocenters. The van der Waals surface area contributed by atoms with E-state index in [4.69, 9.17) is 0 Å². The van der Waals surface area contributed by atoms with Crippen LogP contribution in [0.15, 0.2) is 72.0 Å². The number of halogens is 5. The molecule has 6 nitrogen and oxygen atoms in total. The number of Topliss-reactive ketones (excluding diaryl/α,β-unsaturated/α-hetero) is 1. The van der Waals surface area contributed by atoms with E-state index in [0.29, 0.717) is 12.0 Å². The molecule has 1 aliphatic heterocycles. The fourth-order valence-electron chi connectivity index (χ4n) is 3.25. The molecule has 0 aromatic heterocycles. The van der Waals surface area contributed by atoms with E-state index in [1.807, 2.05) is 32.1 Å². The standard InChI is InChI=1S/C15H18N2O.C10H14F5NO2.C3H6/c1-4-11-10(2)17-15(18)14(16-3)13-9-7-5-6-8-12(11)13;1-8(2,6-17)7(18)5-16-4-3-9(11,12)10(13,14)15;1-3-2/h4-5,7-9,14,16H,2,6H2,1,3H3,(H,17,18);6,16H,3-5H2,1-2H3;3H,1H2,2H3/b11-4+;;/t14-;;/m0../s1. The second-order valence-corrected chi connectivity index (χ2v) is 9.10. The van der Waals surface area contributed by atoms with E-state index in [0.717, 1.165) is 23.1 Å². The second kappa shape index (κ2) is 16.0. The van der Waals surface area contributed by atoms with Crippen LogP contribution in [0.1, 0.15) is 40.5 Å². The van der Waals surface area contributed by atoms with Crippen molar-refractivity contribution in [3.05, 3.63) is 72.0 Å². The molecule has 0 radical (unpaired) electrons. The fourth-order valence-corrected chi connectivity index (χ4v) is 3.25. The third kappa shape index (κ3) is 10.8. The topological polar surface area (TPSA) is 87.3 Å². The van der Waals surface area contributed by atoms with Crippen molar-refractivity contribution in [2.45, 2.75) is 58.7 Å². The zero-order valence-corrected chi connectivity index (χ0v) is 23.0. The average molecular weight is 560 g/mol. The minimum absolute atomic E-state index is 0.0631. The van der Waals surface area contributed by atoms with E-state index in [1.54, 1.807) is 13.1 Å². The lowest BCUT2D eigenvalue weighted by molar-refractivity contribution is -0.283.